The second kappa shape index (κ2) is 8.99. The second-order valence-corrected chi connectivity index (χ2v) is 7.82. The Balaban J connectivity index is 1.94. The number of thiocarbonyl (C=S) groups is 1. The number of hydrogen-bond acceptors (Lipinski definition) is 4. The molecule has 0 aliphatic carbocycles. The average Bonchev–Trinajstić information content (AvgIpc) is 3.03. The molecule has 2 N–H and O–H groups in total. The summed E-state index contributed by atoms with van der Waals surface area (Å²) in [6, 6.07) is 17.8. The highest BCUT2D eigenvalue weighted by Crippen LogP contribution is 2.40. The van der Waals surface area contributed by atoms with Gasteiger partial charge in [-0.15, -0.1) is 11.3 Å². The molecular weight excluding hydrogens is 388 g/mol. The molecule has 0 aliphatic heterocycles. The molecule has 0 unspecified atom stereocenters. The fourth-order valence-electron chi connectivity index (χ4n) is 3.09. The summed E-state index contributed by atoms with van der Waals surface area (Å²) < 4.78 is 5.05. The van der Waals surface area contributed by atoms with Crippen molar-refractivity contribution in [3.05, 3.63) is 70.6 Å². The first kappa shape index (κ1) is 20.0. The van der Waals surface area contributed by atoms with E-state index in [0.717, 1.165) is 28.1 Å². The van der Waals surface area contributed by atoms with Gasteiger partial charge in [-0.05, 0) is 42.8 Å². The average molecular weight is 411 g/mol. The third-order valence-electron chi connectivity index (χ3n) is 4.41. The van der Waals surface area contributed by atoms with E-state index in [1.807, 2.05) is 55.5 Å². The topological polar surface area (TPSA) is 50.4 Å². The molecule has 144 valence electrons. The summed E-state index contributed by atoms with van der Waals surface area (Å²) in [6.07, 6.45) is 0.898. The Morgan fingerprint density at radius 1 is 1.07 bits per heavy atom. The molecule has 0 saturated carbocycles. The summed E-state index contributed by atoms with van der Waals surface area (Å²) in [5.41, 5.74) is 4.48. The molecule has 1 aromatic heterocycles. The summed E-state index contributed by atoms with van der Waals surface area (Å²) in [5, 5.41) is 7.54. The number of anilines is 2. The van der Waals surface area contributed by atoms with Crippen LogP contribution in [0.3, 0.4) is 0 Å². The number of para-hydroxylation sites is 1. The normalized spacial score (nSPS) is 10.4. The molecule has 0 radical (unpaired) electrons. The minimum absolute atomic E-state index is 0.387. The second-order valence-electron chi connectivity index (χ2n) is 6.18. The van der Waals surface area contributed by atoms with E-state index in [-0.39, 0.29) is 5.97 Å². The summed E-state index contributed by atoms with van der Waals surface area (Å²) in [6.45, 7) is 4.09. The van der Waals surface area contributed by atoms with E-state index in [2.05, 4.69) is 23.6 Å². The Hall–Kier alpha value is -2.70. The van der Waals surface area contributed by atoms with Gasteiger partial charge >= 0.3 is 5.97 Å². The molecule has 0 fully saturated rings. The summed E-state index contributed by atoms with van der Waals surface area (Å²) in [4.78, 5) is 13.6. The van der Waals surface area contributed by atoms with Crippen molar-refractivity contribution < 1.29 is 9.53 Å². The summed E-state index contributed by atoms with van der Waals surface area (Å²) >= 11 is 7.00. The molecule has 6 heteroatoms. The van der Waals surface area contributed by atoms with Crippen molar-refractivity contribution in [3.8, 4) is 11.1 Å². The maximum Gasteiger partial charge on any atom is 0.341 e. The smallest absolute Gasteiger partial charge is 0.341 e. The van der Waals surface area contributed by atoms with Gasteiger partial charge in [0.15, 0.2) is 5.11 Å². The van der Waals surface area contributed by atoms with Crippen LogP contribution in [-0.2, 0) is 11.2 Å². The summed E-state index contributed by atoms with van der Waals surface area (Å²) in [5.74, 6) is -0.387. The van der Waals surface area contributed by atoms with Crippen molar-refractivity contribution in [2.24, 2.45) is 0 Å². The largest absolute Gasteiger partial charge is 0.465 e. The van der Waals surface area contributed by atoms with Crippen LogP contribution in [0.15, 0.2) is 54.6 Å². The number of esters is 1. The van der Waals surface area contributed by atoms with Crippen LogP contribution >= 0.6 is 23.6 Å². The van der Waals surface area contributed by atoms with Gasteiger partial charge < -0.3 is 15.4 Å². The number of hydrogen-bond donors (Lipinski definition) is 2. The third-order valence-corrected chi connectivity index (χ3v) is 5.63. The van der Waals surface area contributed by atoms with Crippen LogP contribution in [0.1, 0.15) is 27.7 Å². The maximum absolute atomic E-state index is 12.6. The van der Waals surface area contributed by atoms with E-state index in [1.165, 1.54) is 24.0 Å². The molecule has 0 atom stereocenters. The zero-order valence-electron chi connectivity index (χ0n) is 16.0. The lowest BCUT2D eigenvalue weighted by Crippen LogP contribution is -2.20. The monoisotopic (exact) mass is 410 g/mol. The van der Waals surface area contributed by atoms with E-state index in [4.69, 9.17) is 17.0 Å². The fraction of sp³-hybridized carbons (Fsp3) is 0.182. The maximum atomic E-state index is 12.6. The molecule has 28 heavy (non-hydrogen) atoms. The molecule has 1 heterocycles. The number of thiophene rings is 1. The lowest BCUT2D eigenvalue weighted by Gasteiger charge is -2.13. The molecule has 0 aliphatic rings. The molecular formula is C22H22N2O2S2. The Morgan fingerprint density at radius 3 is 2.43 bits per heavy atom. The highest BCUT2D eigenvalue weighted by Gasteiger charge is 2.24. The number of ether oxygens (including phenoxy) is 1. The Labute approximate surface area is 174 Å². The Morgan fingerprint density at radius 2 is 1.75 bits per heavy atom. The van der Waals surface area contributed by atoms with Gasteiger partial charge in [-0.25, -0.2) is 4.79 Å². The van der Waals surface area contributed by atoms with Crippen molar-refractivity contribution in [2.75, 3.05) is 17.7 Å². The van der Waals surface area contributed by atoms with Crippen molar-refractivity contribution in [1.82, 2.24) is 0 Å². The van der Waals surface area contributed by atoms with Crippen LogP contribution in [0.5, 0.6) is 0 Å². The lowest BCUT2D eigenvalue weighted by molar-refractivity contribution is 0.0603. The van der Waals surface area contributed by atoms with E-state index in [9.17, 15) is 4.79 Å². The molecule has 0 saturated heterocycles. The van der Waals surface area contributed by atoms with Crippen molar-refractivity contribution in [1.29, 1.82) is 0 Å². The number of aryl methyl sites for hydroxylation is 2. The number of carbonyl (C=O) groups is 1. The fourth-order valence-corrected chi connectivity index (χ4v) is 4.43. The van der Waals surface area contributed by atoms with Crippen LogP contribution in [0.2, 0.25) is 0 Å². The van der Waals surface area contributed by atoms with Gasteiger partial charge in [-0.3, -0.25) is 0 Å². The van der Waals surface area contributed by atoms with Crippen LogP contribution < -0.4 is 10.6 Å². The zero-order valence-corrected chi connectivity index (χ0v) is 17.7. The van der Waals surface area contributed by atoms with Crippen molar-refractivity contribution >= 4 is 45.3 Å². The van der Waals surface area contributed by atoms with Crippen LogP contribution in [0.25, 0.3) is 11.1 Å². The number of methoxy groups -OCH3 is 1. The standard InChI is InChI=1S/C22H22N2O2S2/c1-4-15-10-8-9-13-17(15)23-22(27)24-20-19(21(25)26-3)18(14(2)28-20)16-11-6-5-7-12-16/h5-13H,4H2,1-3H3,(H2,23,24,27). The predicted molar refractivity (Wildman–Crippen MR) is 121 cm³/mol. The molecule has 4 nitrogen and oxygen atoms in total. The SMILES string of the molecule is CCc1ccccc1NC(=S)Nc1sc(C)c(-c2ccccc2)c1C(=O)OC. The van der Waals surface area contributed by atoms with Gasteiger partial charge in [0, 0.05) is 16.1 Å². The Bertz CT molecular complexity index is 997. The molecule has 2 aromatic carbocycles. The first-order valence-corrected chi connectivity index (χ1v) is 10.2. The number of rotatable bonds is 5. The number of carbonyl (C=O) groups excluding carboxylic acids is 1. The first-order valence-electron chi connectivity index (χ1n) is 8.98. The predicted octanol–water partition coefficient (Wildman–Crippen LogP) is 5.88. The number of benzene rings is 2. The molecule has 3 aromatic rings. The van der Waals surface area contributed by atoms with E-state index >= 15 is 0 Å². The van der Waals surface area contributed by atoms with Gasteiger partial charge in [-0.2, -0.15) is 0 Å². The minimum Gasteiger partial charge on any atom is -0.465 e. The highest BCUT2D eigenvalue weighted by atomic mass is 32.1. The Kier molecular flexibility index (Phi) is 6.44. The molecule has 0 spiro atoms. The van der Waals surface area contributed by atoms with Crippen molar-refractivity contribution in [3.63, 3.8) is 0 Å². The van der Waals surface area contributed by atoms with Crippen molar-refractivity contribution in [2.45, 2.75) is 20.3 Å². The van der Waals surface area contributed by atoms with Crippen LogP contribution in [0, 0.1) is 6.92 Å². The van der Waals surface area contributed by atoms with Gasteiger partial charge in [0.05, 0.1) is 7.11 Å². The van der Waals surface area contributed by atoms with Gasteiger partial charge in [0.2, 0.25) is 0 Å². The van der Waals surface area contributed by atoms with E-state index in [1.54, 1.807) is 0 Å². The summed E-state index contributed by atoms with van der Waals surface area (Å²) in [7, 11) is 1.39. The van der Waals surface area contributed by atoms with Gasteiger partial charge in [-0.1, -0.05) is 55.5 Å². The van der Waals surface area contributed by atoms with Crippen LogP contribution in [0.4, 0.5) is 10.7 Å². The quantitative estimate of drug-likeness (QED) is 0.406. The van der Waals surface area contributed by atoms with Crippen LogP contribution in [-0.4, -0.2) is 18.2 Å². The third kappa shape index (κ3) is 4.24. The zero-order chi connectivity index (χ0) is 20.1. The number of nitrogens with one attached hydrogen (secondary N) is 2. The minimum atomic E-state index is -0.387. The van der Waals surface area contributed by atoms with Gasteiger partial charge in [0.25, 0.3) is 0 Å². The first-order chi connectivity index (χ1) is 13.5. The molecule has 0 bridgehead atoms. The molecule has 0 amide bonds. The lowest BCUT2D eigenvalue weighted by atomic mass is 10.0. The highest BCUT2D eigenvalue weighted by molar-refractivity contribution is 7.80. The van der Waals surface area contributed by atoms with E-state index < -0.39 is 0 Å². The van der Waals surface area contributed by atoms with Gasteiger partial charge in [0.1, 0.15) is 10.6 Å². The van der Waals surface area contributed by atoms with E-state index in [0.29, 0.717) is 15.7 Å². The molecule has 3 rings (SSSR count).